The Bertz CT molecular complexity index is 1540. The molecule has 43 heavy (non-hydrogen) atoms. The van der Waals surface area contributed by atoms with Crippen molar-refractivity contribution in [1.29, 1.82) is 0 Å². The molecule has 2 saturated heterocycles. The second-order valence-electron chi connectivity index (χ2n) is 13.0. The number of piperazine rings is 1. The molecule has 4 fully saturated rings. The van der Waals surface area contributed by atoms with E-state index in [0.29, 0.717) is 24.9 Å². The number of carbonyl (C=O) groups is 2. The molecule has 1 aromatic heterocycles. The zero-order valence-corrected chi connectivity index (χ0v) is 25.9. The summed E-state index contributed by atoms with van der Waals surface area (Å²) in [5.41, 5.74) is 6.21. The fourth-order valence-electron chi connectivity index (χ4n) is 6.81. The van der Waals surface area contributed by atoms with Crippen molar-refractivity contribution in [3.8, 4) is 17.0 Å². The molecular weight excluding hydrogens is 560 g/mol. The molecule has 2 saturated carbocycles. The third-order valence-corrected chi connectivity index (χ3v) is 10.8. The molecule has 0 radical (unpaired) electrons. The number of piperidine rings is 1. The highest BCUT2D eigenvalue weighted by molar-refractivity contribution is 7.14. The van der Waals surface area contributed by atoms with Gasteiger partial charge in [0.15, 0.2) is 5.13 Å². The average Bonchev–Trinajstić information content (AvgIpc) is 3.93. The van der Waals surface area contributed by atoms with E-state index in [4.69, 9.17) is 9.72 Å². The number of amides is 1. The molecule has 2 aromatic carbocycles. The van der Waals surface area contributed by atoms with Gasteiger partial charge in [0, 0.05) is 62.7 Å². The first-order valence-corrected chi connectivity index (χ1v) is 16.4. The molecule has 3 aromatic rings. The zero-order valence-electron chi connectivity index (χ0n) is 25.1. The smallest absolute Gasteiger partial charge is 0.310 e. The normalized spacial score (nSPS) is 23.6. The highest BCUT2D eigenvalue weighted by atomic mass is 32.1. The molecular formula is C34H40N4O4S. The molecule has 4 aliphatic rings. The van der Waals surface area contributed by atoms with E-state index < -0.39 is 11.4 Å². The van der Waals surface area contributed by atoms with Crippen molar-refractivity contribution in [1.82, 2.24) is 14.8 Å². The second-order valence-corrected chi connectivity index (χ2v) is 13.8. The molecule has 2 aliphatic heterocycles. The lowest BCUT2D eigenvalue weighted by Crippen LogP contribution is -2.48. The molecule has 2 atom stereocenters. The minimum absolute atomic E-state index is 0.228. The number of hydrogen-bond donors (Lipinski definition) is 1. The summed E-state index contributed by atoms with van der Waals surface area (Å²) in [6.07, 6.45) is 3.62. The summed E-state index contributed by atoms with van der Waals surface area (Å²) < 4.78 is 6.42. The number of nitrogens with zero attached hydrogens (tertiary/aromatic N) is 4. The monoisotopic (exact) mass is 600 g/mol. The van der Waals surface area contributed by atoms with Gasteiger partial charge in [-0.25, -0.2) is 4.98 Å². The third kappa shape index (κ3) is 5.77. The van der Waals surface area contributed by atoms with Crippen LogP contribution in [0.25, 0.3) is 11.3 Å². The van der Waals surface area contributed by atoms with Gasteiger partial charge in [0.25, 0.3) is 0 Å². The van der Waals surface area contributed by atoms with Crippen LogP contribution in [-0.4, -0.2) is 71.0 Å². The Morgan fingerprint density at radius 1 is 1.07 bits per heavy atom. The Morgan fingerprint density at radius 3 is 2.60 bits per heavy atom. The van der Waals surface area contributed by atoms with Gasteiger partial charge in [0.05, 0.1) is 11.1 Å². The Hall–Kier alpha value is -3.43. The summed E-state index contributed by atoms with van der Waals surface area (Å²) in [7, 11) is 0. The zero-order chi connectivity index (χ0) is 29.7. The predicted octanol–water partition coefficient (Wildman–Crippen LogP) is 5.36. The van der Waals surface area contributed by atoms with Gasteiger partial charge in [-0.05, 0) is 74.3 Å². The van der Waals surface area contributed by atoms with E-state index in [-0.39, 0.29) is 5.92 Å². The van der Waals surface area contributed by atoms with Crippen LogP contribution in [0.15, 0.2) is 41.8 Å². The number of carboxylic acids is 1. The lowest BCUT2D eigenvalue weighted by Gasteiger charge is -2.35. The molecule has 1 N–H and O–H groups in total. The van der Waals surface area contributed by atoms with Gasteiger partial charge < -0.3 is 19.6 Å². The number of anilines is 1. The van der Waals surface area contributed by atoms with Crippen molar-refractivity contribution < 1.29 is 19.4 Å². The van der Waals surface area contributed by atoms with E-state index >= 15 is 0 Å². The lowest BCUT2D eigenvalue weighted by molar-refractivity contribution is -0.144. The number of aromatic nitrogens is 1. The third-order valence-electron chi connectivity index (χ3n) is 9.91. The molecule has 2 aliphatic carbocycles. The maximum atomic E-state index is 12.4. The molecule has 3 heterocycles. The Morgan fingerprint density at radius 2 is 1.88 bits per heavy atom. The van der Waals surface area contributed by atoms with Crippen LogP contribution in [0.3, 0.4) is 0 Å². The molecule has 0 spiro atoms. The van der Waals surface area contributed by atoms with Crippen LogP contribution in [0, 0.1) is 31.1 Å². The average molecular weight is 601 g/mol. The number of benzene rings is 2. The minimum atomic E-state index is -0.639. The van der Waals surface area contributed by atoms with Crippen LogP contribution in [0.1, 0.15) is 47.9 Å². The lowest BCUT2D eigenvalue weighted by atomic mass is 9.96. The first-order chi connectivity index (χ1) is 20.8. The number of aryl methyl sites for hydroxylation is 2. The molecule has 0 unspecified atom stereocenters. The number of fused-ring (bicyclic) bond motifs is 1. The van der Waals surface area contributed by atoms with Gasteiger partial charge in [-0.3, -0.25) is 14.5 Å². The topological polar surface area (TPSA) is 86.2 Å². The summed E-state index contributed by atoms with van der Waals surface area (Å²) in [5, 5.41) is 12.7. The summed E-state index contributed by atoms with van der Waals surface area (Å²) in [6.45, 7) is 10.6. The predicted molar refractivity (Wildman–Crippen MR) is 167 cm³/mol. The fraction of sp³-hybridized carbons (Fsp3) is 0.500. The first-order valence-electron chi connectivity index (χ1n) is 15.6. The molecule has 8 nitrogen and oxygen atoms in total. The number of hydrogen-bond acceptors (Lipinski definition) is 7. The summed E-state index contributed by atoms with van der Waals surface area (Å²) in [5.74, 6) is 1.07. The van der Waals surface area contributed by atoms with E-state index in [1.807, 2.05) is 6.07 Å². The molecule has 0 bridgehead atoms. The maximum Gasteiger partial charge on any atom is 0.310 e. The Kier molecular flexibility index (Phi) is 7.42. The molecule has 1 amide bonds. The van der Waals surface area contributed by atoms with Crippen LogP contribution in [0.4, 0.5) is 5.13 Å². The molecule has 226 valence electrons. The number of ether oxygens (including phenoxy) is 1. The Labute approximate surface area is 257 Å². The summed E-state index contributed by atoms with van der Waals surface area (Å²) in [4.78, 5) is 35.8. The summed E-state index contributed by atoms with van der Waals surface area (Å²) in [6, 6.07) is 12.9. The quantitative estimate of drug-likeness (QED) is 0.354. The van der Waals surface area contributed by atoms with Crippen molar-refractivity contribution in [2.24, 2.45) is 17.3 Å². The van der Waals surface area contributed by atoms with E-state index in [9.17, 15) is 14.7 Å². The minimum Gasteiger partial charge on any atom is -0.488 e. The maximum absolute atomic E-state index is 12.4. The van der Waals surface area contributed by atoms with Crippen LogP contribution >= 0.6 is 11.3 Å². The van der Waals surface area contributed by atoms with Crippen molar-refractivity contribution in [2.45, 2.75) is 52.7 Å². The van der Waals surface area contributed by atoms with Crippen molar-refractivity contribution in [3.05, 3.63) is 64.0 Å². The molecule has 9 heteroatoms. The van der Waals surface area contributed by atoms with Crippen molar-refractivity contribution in [3.63, 3.8) is 0 Å². The van der Waals surface area contributed by atoms with E-state index in [1.165, 1.54) is 11.1 Å². The van der Waals surface area contributed by atoms with E-state index in [2.05, 4.69) is 64.3 Å². The van der Waals surface area contributed by atoms with Gasteiger partial charge in [0.1, 0.15) is 12.4 Å². The van der Waals surface area contributed by atoms with Crippen LogP contribution in [-0.2, 0) is 22.7 Å². The SMILES string of the molecule is Cc1ccc(OCc2ccc(CN3CCN(C(=O)C4CC4)CC3)cc2C)c(-c2csc(N3CC[C@@]4(C(=O)O)C[C@H]4C3)n2)c1. The standard InChI is InChI=1S/C34H40N4O4S/c1-22-3-8-30(28(15-22)29-21-43-33(35-29)38-10-9-34(32(40)41)17-27(34)19-38)42-20-26-5-4-24(16-23(26)2)18-36-11-13-37(14-12-36)31(39)25-6-7-25/h3-5,8,15-16,21,25,27H,6-7,9-14,17-20H2,1-2H3,(H,40,41)/t27-,34+/m0/s1. The Balaban J connectivity index is 0.975. The number of rotatable bonds is 9. The van der Waals surface area contributed by atoms with Gasteiger partial charge in [-0.15, -0.1) is 11.3 Å². The summed E-state index contributed by atoms with van der Waals surface area (Å²) >= 11 is 1.62. The van der Waals surface area contributed by atoms with Crippen LogP contribution in [0.2, 0.25) is 0 Å². The van der Waals surface area contributed by atoms with Crippen molar-refractivity contribution >= 4 is 28.3 Å². The van der Waals surface area contributed by atoms with Crippen molar-refractivity contribution in [2.75, 3.05) is 44.2 Å². The number of carboxylic acid groups (broad SMARTS) is 1. The van der Waals surface area contributed by atoms with Gasteiger partial charge in [-0.1, -0.05) is 29.8 Å². The highest BCUT2D eigenvalue weighted by Crippen LogP contribution is 2.58. The highest BCUT2D eigenvalue weighted by Gasteiger charge is 2.62. The number of carbonyl (C=O) groups excluding carboxylic acids is 1. The second kappa shape index (κ2) is 11.2. The van der Waals surface area contributed by atoms with Crippen LogP contribution in [0.5, 0.6) is 5.75 Å². The van der Waals surface area contributed by atoms with Gasteiger partial charge in [0.2, 0.25) is 5.91 Å². The van der Waals surface area contributed by atoms with Gasteiger partial charge in [-0.2, -0.15) is 0 Å². The largest absolute Gasteiger partial charge is 0.488 e. The number of thiazole rings is 1. The van der Waals surface area contributed by atoms with E-state index in [0.717, 1.165) is 98.3 Å². The van der Waals surface area contributed by atoms with Gasteiger partial charge >= 0.3 is 5.97 Å². The first kappa shape index (κ1) is 28.3. The fourth-order valence-corrected chi connectivity index (χ4v) is 7.67. The van der Waals surface area contributed by atoms with Crippen LogP contribution < -0.4 is 9.64 Å². The van der Waals surface area contributed by atoms with E-state index in [1.54, 1.807) is 11.3 Å². The number of aliphatic carboxylic acids is 1. The molecule has 7 rings (SSSR count).